The van der Waals surface area contributed by atoms with Crippen molar-refractivity contribution in [2.75, 3.05) is 33.4 Å². The first kappa shape index (κ1) is 20.4. The number of aryl methyl sites for hydroxylation is 1. The van der Waals surface area contributed by atoms with Crippen molar-refractivity contribution in [3.63, 3.8) is 0 Å². The minimum atomic E-state index is 0.731. The van der Waals surface area contributed by atoms with Gasteiger partial charge in [-0.15, -0.1) is 0 Å². The molecule has 6 heteroatoms. The summed E-state index contributed by atoms with van der Waals surface area (Å²) in [5.41, 5.74) is 4.50. The molecule has 0 unspecified atom stereocenters. The van der Waals surface area contributed by atoms with E-state index in [1.54, 1.807) is 7.11 Å². The number of aromatic nitrogens is 1. The van der Waals surface area contributed by atoms with E-state index in [1.165, 1.54) is 0 Å². The fourth-order valence-electron chi connectivity index (χ4n) is 3.76. The SMILES string of the molecule is COc1ccc(Oc2ccc(-n3c(C)cc(C(=S)N4CCOCC4)c3C)cc2)cc1. The number of morpholine rings is 1. The van der Waals surface area contributed by atoms with Crippen molar-refractivity contribution < 1.29 is 14.2 Å². The molecule has 156 valence electrons. The van der Waals surface area contributed by atoms with E-state index in [0.29, 0.717) is 0 Å². The molecule has 0 bridgehead atoms. The van der Waals surface area contributed by atoms with Gasteiger partial charge in [0.15, 0.2) is 0 Å². The Balaban J connectivity index is 1.53. The monoisotopic (exact) mass is 422 g/mol. The third kappa shape index (κ3) is 4.20. The third-order valence-electron chi connectivity index (χ3n) is 5.35. The van der Waals surface area contributed by atoms with Crippen LogP contribution in [0, 0.1) is 13.8 Å². The summed E-state index contributed by atoms with van der Waals surface area (Å²) in [5, 5.41) is 0. The van der Waals surface area contributed by atoms with Crippen molar-refractivity contribution in [3.8, 4) is 22.9 Å². The summed E-state index contributed by atoms with van der Waals surface area (Å²) in [6.07, 6.45) is 0. The Morgan fingerprint density at radius 3 is 2.07 bits per heavy atom. The lowest BCUT2D eigenvalue weighted by Crippen LogP contribution is -2.40. The number of thiocarbonyl (C=S) groups is 1. The number of rotatable bonds is 5. The van der Waals surface area contributed by atoms with E-state index in [-0.39, 0.29) is 0 Å². The summed E-state index contributed by atoms with van der Waals surface area (Å²) in [5.74, 6) is 2.37. The first-order valence-electron chi connectivity index (χ1n) is 10.0. The van der Waals surface area contributed by atoms with Crippen LogP contribution in [0.1, 0.15) is 17.0 Å². The molecule has 0 N–H and O–H groups in total. The molecule has 0 atom stereocenters. The van der Waals surface area contributed by atoms with Crippen molar-refractivity contribution in [1.29, 1.82) is 0 Å². The average molecular weight is 423 g/mol. The minimum absolute atomic E-state index is 0.731. The molecular formula is C24H26N2O3S. The molecule has 1 aliphatic heterocycles. The maximum Gasteiger partial charge on any atom is 0.127 e. The first-order chi connectivity index (χ1) is 14.6. The van der Waals surface area contributed by atoms with Gasteiger partial charge >= 0.3 is 0 Å². The Morgan fingerprint density at radius 1 is 0.900 bits per heavy atom. The lowest BCUT2D eigenvalue weighted by atomic mass is 10.2. The molecular weight excluding hydrogens is 396 g/mol. The Kier molecular flexibility index (Phi) is 6.06. The molecule has 1 saturated heterocycles. The van der Waals surface area contributed by atoms with Gasteiger partial charge in [-0.05, 0) is 68.4 Å². The molecule has 2 heterocycles. The molecule has 2 aromatic carbocycles. The van der Waals surface area contributed by atoms with E-state index in [4.69, 9.17) is 26.4 Å². The molecule has 1 aliphatic rings. The molecule has 1 fully saturated rings. The van der Waals surface area contributed by atoms with Crippen LogP contribution in [0.5, 0.6) is 17.2 Å². The lowest BCUT2D eigenvalue weighted by molar-refractivity contribution is 0.0692. The highest BCUT2D eigenvalue weighted by Gasteiger charge is 2.20. The molecule has 0 radical (unpaired) electrons. The van der Waals surface area contributed by atoms with E-state index in [1.807, 2.05) is 36.4 Å². The van der Waals surface area contributed by atoms with Crippen LogP contribution < -0.4 is 9.47 Å². The highest BCUT2D eigenvalue weighted by molar-refractivity contribution is 7.80. The van der Waals surface area contributed by atoms with Crippen LogP contribution in [0.15, 0.2) is 54.6 Å². The molecule has 0 aliphatic carbocycles. The maximum atomic E-state index is 5.95. The van der Waals surface area contributed by atoms with Crippen molar-refractivity contribution in [3.05, 3.63) is 71.5 Å². The second kappa shape index (κ2) is 8.90. The second-order valence-corrected chi connectivity index (χ2v) is 7.68. The average Bonchev–Trinajstić information content (AvgIpc) is 3.09. The van der Waals surface area contributed by atoms with E-state index >= 15 is 0 Å². The van der Waals surface area contributed by atoms with Gasteiger partial charge in [0.2, 0.25) is 0 Å². The summed E-state index contributed by atoms with van der Waals surface area (Å²) in [6.45, 7) is 7.39. The van der Waals surface area contributed by atoms with Crippen LogP contribution in [0.3, 0.4) is 0 Å². The zero-order chi connectivity index (χ0) is 21.1. The summed E-state index contributed by atoms with van der Waals surface area (Å²) in [4.78, 5) is 3.13. The van der Waals surface area contributed by atoms with Crippen LogP contribution in [-0.2, 0) is 4.74 Å². The minimum Gasteiger partial charge on any atom is -0.497 e. The van der Waals surface area contributed by atoms with Gasteiger partial charge in [0.25, 0.3) is 0 Å². The van der Waals surface area contributed by atoms with Crippen LogP contribution in [0.25, 0.3) is 5.69 Å². The molecule has 5 nitrogen and oxygen atoms in total. The molecule has 30 heavy (non-hydrogen) atoms. The van der Waals surface area contributed by atoms with Gasteiger partial charge in [-0.25, -0.2) is 0 Å². The quantitative estimate of drug-likeness (QED) is 0.547. The van der Waals surface area contributed by atoms with Gasteiger partial charge in [-0.2, -0.15) is 0 Å². The zero-order valence-corrected chi connectivity index (χ0v) is 18.4. The fraction of sp³-hybridized carbons (Fsp3) is 0.292. The topological polar surface area (TPSA) is 35.9 Å². The predicted molar refractivity (Wildman–Crippen MR) is 122 cm³/mol. The summed E-state index contributed by atoms with van der Waals surface area (Å²) in [7, 11) is 1.65. The lowest BCUT2D eigenvalue weighted by Gasteiger charge is -2.29. The van der Waals surface area contributed by atoms with Gasteiger partial charge in [0, 0.05) is 35.7 Å². The van der Waals surface area contributed by atoms with Crippen molar-refractivity contribution in [2.45, 2.75) is 13.8 Å². The van der Waals surface area contributed by atoms with Crippen LogP contribution >= 0.6 is 12.2 Å². The van der Waals surface area contributed by atoms with E-state index in [0.717, 1.165) is 71.2 Å². The van der Waals surface area contributed by atoms with Gasteiger partial charge in [-0.1, -0.05) is 12.2 Å². The molecule has 0 amide bonds. The number of ether oxygens (including phenoxy) is 3. The van der Waals surface area contributed by atoms with Gasteiger partial charge in [0.1, 0.15) is 22.2 Å². The van der Waals surface area contributed by atoms with E-state index in [2.05, 4.69) is 41.5 Å². The van der Waals surface area contributed by atoms with Crippen molar-refractivity contribution >= 4 is 17.2 Å². The normalized spacial score (nSPS) is 13.9. The summed E-state index contributed by atoms with van der Waals surface area (Å²) < 4.78 is 18.8. The van der Waals surface area contributed by atoms with E-state index < -0.39 is 0 Å². The van der Waals surface area contributed by atoms with Gasteiger partial charge < -0.3 is 23.7 Å². The number of nitrogens with zero attached hydrogens (tertiary/aromatic N) is 2. The molecule has 4 rings (SSSR count). The molecule has 1 aromatic heterocycles. The Morgan fingerprint density at radius 2 is 1.47 bits per heavy atom. The first-order valence-corrected chi connectivity index (χ1v) is 10.5. The Bertz CT molecular complexity index is 1020. The largest absolute Gasteiger partial charge is 0.497 e. The number of methoxy groups -OCH3 is 1. The number of hydrogen-bond acceptors (Lipinski definition) is 4. The summed E-state index contributed by atoms with van der Waals surface area (Å²) in [6, 6.07) is 17.8. The highest BCUT2D eigenvalue weighted by Crippen LogP contribution is 2.27. The highest BCUT2D eigenvalue weighted by atomic mass is 32.1. The van der Waals surface area contributed by atoms with Crippen LogP contribution in [0.4, 0.5) is 0 Å². The molecule has 0 spiro atoms. The van der Waals surface area contributed by atoms with Crippen LogP contribution in [-0.4, -0.2) is 47.9 Å². The molecule has 0 saturated carbocycles. The van der Waals surface area contributed by atoms with Gasteiger partial charge in [-0.3, -0.25) is 0 Å². The second-order valence-electron chi connectivity index (χ2n) is 7.30. The van der Waals surface area contributed by atoms with Gasteiger partial charge in [0.05, 0.1) is 20.3 Å². The van der Waals surface area contributed by atoms with Crippen LogP contribution in [0.2, 0.25) is 0 Å². The fourth-order valence-corrected chi connectivity index (χ4v) is 4.15. The third-order valence-corrected chi connectivity index (χ3v) is 5.83. The smallest absolute Gasteiger partial charge is 0.127 e. The number of benzene rings is 2. The Labute approximate surface area is 182 Å². The van der Waals surface area contributed by atoms with Crippen molar-refractivity contribution in [2.24, 2.45) is 0 Å². The standard InChI is InChI=1S/C24H26N2O3S/c1-17-16-23(24(30)25-12-14-28-15-13-25)18(2)26(17)19-4-6-21(7-5-19)29-22-10-8-20(27-3)9-11-22/h4-11,16H,12-15H2,1-3H3. The Hall–Kier alpha value is -2.83. The summed E-state index contributed by atoms with van der Waals surface area (Å²) >= 11 is 5.79. The molecule has 3 aromatic rings. The predicted octanol–water partition coefficient (Wildman–Crippen LogP) is 4.90. The van der Waals surface area contributed by atoms with Crippen molar-refractivity contribution in [1.82, 2.24) is 9.47 Å². The number of hydrogen-bond donors (Lipinski definition) is 0. The zero-order valence-electron chi connectivity index (χ0n) is 17.6. The maximum absolute atomic E-state index is 5.95. The van der Waals surface area contributed by atoms with E-state index in [9.17, 15) is 0 Å².